The zero-order valence-electron chi connectivity index (χ0n) is 7.94. The zero-order valence-corrected chi connectivity index (χ0v) is 8.83. The molecule has 0 unspecified atom stereocenters. The average molecular weight is 200 g/mol. The number of unbranched alkanes of at least 4 members (excludes halogenated alkanes) is 2. The Kier molecular flexibility index (Phi) is 4.75. The highest BCUT2D eigenvalue weighted by Crippen LogP contribution is 2.08. The van der Waals surface area contributed by atoms with Gasteiger partial charge in [0.15, 0.2) is 5.75 Å². The third-order valence-corrected chi connectivity index (χ3v) is 2.07. The van der Waals surface area contributed by atoms with Crippen LogP contribution in [0.1, 0.15) is 19.3 Å². The first-order valence-electron chi connectivity index (χ1n) is 4.55. The van der Waals surface area contributed by atoms with Crippen LogP contribution in [0, 0.1) is 0 Å². The summed E-state index contributed by atoms with van der Waals surface area (Å²) in [6.07, 6.45) is 7.05. The predicted molar refractivity (Wildman–Crippen MR) is 56.4 cm³/mol. The molecular formula is C9H16N2OS. The lowest BCUT2D eigenvalue weighted by molar-refractivity contribution is 0.306. The number of hydrogen-bond acceptors (Lipinski definition) is 3. The summed E-state index contributed by atoms with van der Waals surface area (Å²) in [5.41, 5.74) is 0. The minimum absolute atomic E-state index is 0.777. The van der Waals surface area contributed by atoms with Crippen LogP contribution in [-0.2, 0) is 7.05 Å². The second-order valence-corrected chi connectivity index (χ2v) is 3.43. The number of aryl methyl sites for hydroxylation is 1. The van der Waals surface area contributed by atoms with Crippen molar-refractivity contribution in [1.82, 2.24) is 9.78 Å². The molecule has 74 valence electrons. The Labute approximate surface area is 84.5 Å². The fourth-order valence-electron chi connectivity index (χ4n) is 1.05. The van der Waals surface area contributed by atoms with Crippen molar-refractivity contribution in [2.75, 3.05) is 12.4 Å². The molecular weight excluding hydrogens is 184 g/mol. The van der Waals surface area contributed by atoms with Crippen LogP contribution in [0.25, 0.3) is 0 Å². The first-order chi connectivity index (χ1) is 6.33. The molecule has 0 aliphatic rings. The van der Waals surface area contributed by atoms with Gasteiger partial charge in [-0.3, -0.25) is 4.68 Å². The smallest absolute Gasteiger partial charge is 0.157 e. The molecule has 0 amide bonds. The number of nitrogens with zero attached hydrogens (tertiary/aromatic N) is 2. The van der Waals surface area contributed by atoms with Gasteiger partial charge >= 0.3 is 0 Å². The normalized spacial score (nSPS) is 10.3. The van der Waals surface area contributed by atoms with E-state index in [1.807, 2.05) is 13.2 Å². The van der Waals surface area contributed by atoms with E-state index in [2.05, 4.69) is 17.7 Å². The van der Waals surface area contributed by atoms with Crippen molar-refractivity contribution >= 4 is 12.6 Å². The third kappa shape index (κ3) is 4.22. The Balaban J connectivity index is 2.06. The number of hydrogen-bond donors (Lipinski definition) is 1. The summed E-state index contributed by atoms with van der Waals surface area (Å²) < 4.78 is 7.20. The Morgan fingerprint density at radius 3 is 2.92 bits per heavy atom. The molecule has 1 aromatic rings. The van der Waals surface area contributed by atoms with E-state index in [0.29, 0.717) is 0 Å². The van der Waals surface area contributed by atoms with Gasteiger partial charge in [0.05, 0.1) is 19.0 Å². The van der Waals surface area contributed by atoms with Gasteiger partial charge in [-0.05, 0) is 25.0 Å². The maximum atomic E-state index is 5.47. The average Bonchev–Trinajstić information content (AvgIpc) is 2.51. The van der Waals surface area contributed by atoms with E-state index in [4.69, 9.17) is 4.74 Å². The van der Waals surface area contributed by atoms with Crippen molar-refractivity contribution in [2.45, 2.75) is 19.3 Å². The molecule has 0 N–H and O–H groups in total. The highest BCUT2D eigenvalue weighted by molar-refractivity contribution is 7.80. The van der Waals surface area contributed by atoms with Gasteiger partial charge in [0.1, 0.15) is 0 Å². The second kappa shape index (κ2) is 5.91. The van der Waals surface area contributed by atoms with Crippen molar-refractivity contribution < 1.29 is 4.74 Å². The predicted octanol–water partition coefficient (Wildman–Crippen LogP) is 1.90. The molecule has 1 rings (SSSR count). The fraction of sp³-hybridized carbons (Fsp3) is 0.667. The van der Waals surface area contributed by atoms with Crippen LogP contribution in [0.15, 0.2) is 12.4 Å². The fourth-order valence-corrected chi connectivity index (χ4v) is 1.28. The van der Waals surface area contributed by atoms with Gasteiger partial charge in [-0.2, -0.15) is 17.7 Å². The van der Waals surface area contributed by atoms with Crippen molar-refractivity contribution in [3.63, 3.8) is 0 Å². The SMILES string of the molecule is Cn1cc(OCCCCCS)cn1. The summed E-state index contributed by atoms with van der Waals surface area (Å²) in [5.74, 6) is 1.82. The van der Waals surface area contributed by atoms with E-state index in [1.54, 1.807) is 10.9 Å². The number of thiol groups is 1. The third-order valence-electron chi connectivity index (χ3n) is 1.75. The highest BCUT2D eigenvalue weighted by Gasteiger charge is 1.95. The van der Waals surface area contributed by atoms with Crippen molar-refractivity contribution in [2.24, 2.45) is 7.05 Å². The summed E-state index contributed by atoms with van der Waals surface area (Å²) >= 11 is 4.14. The van der Waals surface area contributed by atoms with Crippen LogP contribution in [0.2, 0.25) is 0 Å². The van der Waals surface area contributed by atoms with Gasteiger partial charge < -0.3 is 4.74 Å². The maximum absolute atomic E-state index is 5.47. The molecule has 0 aromatic carbocycles. The van der Waals surface area contributed by atoms with Gasteiger partial charge in [0.25, 0.3) is 0 Å². The molecule has 4 heteroatoms. The molecule has 1 aromatic heterocycles. The molecule has 0 atom stereocenters. The van der Waals surface area contributed by atoms with Crippen LogP contribution in [0.3, 0.4) is 0 Å². The first kappa shape index (κ1) is 10.4. The molecule has 3 nitrogen and oxygen atoms in total. The largest absolute Gasteiger partial charge is 0.490 e. The standard InChI is InChI=1S/C9H16N2OS/c1-11-8-9(7-10-11)12-5-3-2-4-6-13/h7-8,13H,2-6H2,1H3. The summed E-state index contributed by atoms with van der Waals surface area (Å²) in [6.45, 7) is 0.777. The first-order valence-corrected chi connectivity index (χ1v) is 5.18. The molecule has 0 radical (unpaired) electrons. The minimum atomic E-state index is 0.777. The van der Waals surface area contributed by atoms with E-state index >= 15 is 0 Å². The van der Waals surface area contributed by atoms with Crippen molar-refractivity contribution in [3.05, 3.63) is 12.4 Å². The van der Waals surface area contributed by atoms with E-state index in [-0.39, 0.29) is 0 Å². The number of rotatable bonds is 6. The summed E-state index contributed by atoms with van der Waals surface area (Å²) in [7, 11) is 1.88. The van der Waals surface area contributed by atoms with Crippen molar-refractivity contribution in [3.8, 4) is 5.75 Å². The summed E-state index contributed by atoms with van der Waals surface area (Å²) in [4.78, 5) is 0. The van der Waals surface area contributed by atoms with E-state index in [1.165, 1.54) is 12.8 Å². The van der Waals surface area contributed by atoms with Crippen LogP contribution >= 0.6 is 12.6 Å². The molecule has 0 saturated heterocycles. The summed E-state index contributed by atoms with van der Waals surface area (Å²) in [5, 5.41) is 4.01. The molecule has 13 heavy (non-hydrogen) atoms. The van der Waals surface area contributed by atoms with Gasteiger partial charge in [-0.15, -0.1) is 0 Å². The topological polar surface area (TPSA) is 27.1 Å². The zero-order chi connectivity index (χ0) is 9.52. The number of ether oxygens (including phenoxy) is 1. The quantitative estimate of drug-likeness (QED) is 0.561. The van der Waals surface area contributed by atoms with Gasteiger partial charge in [-0.25, -0.2) is 0 Å². The Bertz CT molecular complexity index is 237. The van der Waals surface area contributed by atoms with Gasteiger partial charge in [0, 0.05) is 7.05 Å². The Morgan fingerprint density at radius 1 is 1.46 bits per heavy atom. The molecule has 1 heterocycles. The van der Waals surface area contributed by atoms with Crippen LogP contribution in [-0.4, -0.2) is 22.1 Å². The molecule has 0 bridgehead atoms. The molecule has 0 spiro atoms. The van der Waals surface area contributed by atoms with Crippen LogP contribution < -0.4 is 4.74 Å². The Morgan fingerprint density at radius 2 is 2.31 bits per heavy atom. The second-order valence-electron chi connectivity index (χ2n) is 2.98. The minimum Gasteiger partial charge on any atom is -0.490 e. The lowest BCUT2D eigenvalue weighted by atomic mass is 10.3. The lowest BCUT2D eigenvalue weighted by Gasteiger charge is -2.01. The highest BCUT2D eigenvalue weighted by atomic mass is 32.1. The number of aromatic nitrogens is 2. The van der Waals surface area contributed by atoms with Crippen molar-refractivity contribution in [1.29, 1.82) is 0 Å². The molecule has 0 fully saturated rings. The Hall–Kier alpha value is -0.640. The lowest BCUT2D eigenvalue weighted by Crippen LogP contribution is -1.96. The molecule has 0 aliphatic carbocycles. The summed E-state index contributed by atoms with van der Waals surface area (Å²) in [6, 6.07) is 0. The van der Waals surface area contributed by atoms with Crippen LogP contribution in [0.5, 0.6) is 5.75 Å². The molecule has 0 aliphatic heterocycles. The van der Waals surface area contributed by atoms with E-state index < -0.39 is 0 Å². The maximum Gasteiger partial charge on any atom is 0.157 e. The van der Waals surface area contributed by atoms with E-state index in [9.17, 15) is 0 Å². The van der Waals surface area contributed by atoms with Gasteiger partial charge in [-0.1, -0.05) is 0 Å². The van der Waals surface area contributed by atoms with Gasteiger partial charge in [0.2, 0.25) is 0 Å². The van der Waals surface area contributed by atoms with E-state index in [0.717, 1.165) is 24.5 Å². The van der Waals surface area contributed by atoms with Crippen LogP contribution in [0.4, 0.5) is 0 Å². The molecule has 0 saturated carbocycles. The monoisotopic (exact) mass is 200 g/mol.